The number of nitrogens with one attached hydrogen (secondary N) is 1. The molecule has 1 rings (SSSR count). The number of anilines is 1. The summed E-state index contributed by atoms with van der Waals surface area (Å²) in [5, 5.41) is 2.69. The van der Waals surface area contributed by atoms with Crippen LogP contribution in [0.3, 0.4) is 0 Å². The molecule has 0 radical (unpaired) electrons. The molecule has 1 amide bonds. The maximum Gasteiger partial charge on any atom is 0.412 e. The summed E-state index contributed by atoms with van der Waals surface area (Å²) in [6.45, 7) is 9.27. The number of amides is 1. The van der Waals surface area contributed by atoms with Gasteiger partial charge in [-0.15, -0.1) is 11.6 Å². The van der Waals surface area contributed by atoms with Crippen LogP contribution in [-0.4, -0.2) is 31.8 Å². The molecule has 1 N–H and O–H groups in total. The summed E-state index contributed by atoms with van der Waals surface area (Å²) in [4.78, 5) is 12.0. The molecule has 0 spiro atoms. The summed E-state index contributed by atoms with van der Waals surface area (Å²) < 4.78 is 15.8. The van der Waals surface area contributed by atoms with Crippen LogP contribution in [0.15, 0.2) is 18.7 Å². The number of benzene rings is 1. The molecule has 0 heterocycles. The molecular weight excluding hydrogens is 306 g/mol. The number of halogens is 1. The third-order valence-electron chi connectivity index (χ3n) is 2.70. The second kappa shape index (κ2) is 7.40. The summed E-state index contributed by atoms with van der Waals surface area (Å²) in [6.07, 6.45) is -0.566. The van der Waals surface area contributed by atoms with Crippen molar-refractivity contribution in [1.29, 1.82) is 0 Å². The van der Waals surface area contributed by atoms with E-state index in [0.717, 1.165) is 0 Å². The Hall–Kier alpha value is -1.88. The van der Waals surface area contributed by atoms with Gasteiger partial charge < -0.3 is 14.2 Å². The van der Waals surface area contributed by atoms with E-state index in [9.17, 15) is 4.79 Å². The summed E-state index contributed by atoms with van der Waals surface area (Å²) >= 11 is 5.86. The van der Waals surface area contributed by atoms with Gasteiger partial charge in [-0.05, 0) is 32.4 Å². The van der Waals surface area contributed by atoms with Crippen LogP contribution in [0.4, 0.5) is 10.5 Å². The molecule has 0 bridgehead atoms. The van der Waals surface area contributed by atoms with Gasteiger partial charge in [-0.1, -0.05) is 6.58 Å². The molecule has 0 fully saturated rings. The zero-order chi connectivity index (χ0) is 16.9. The van der Waals surface area contributed by atoms with Crippen LogP contribution in [0.1, 0.15) is 26.3 Å². The second-order valence-electron chi connectivity index (χ2n) is 5.62. The van der Waals surface area contributed by atoms with Crippen molar-refractivity contribution in [1.82, 2.24) is 0 Å². The largest absolute Gasteiger partial charge is 0.493 e. The van der Waals surface area contributed by atoms with E-state index in [1.165, 1.54) is 14.2 Å². The third-order valence-corrected chi connectivity index (χ3v) is 3.02. The molecule has 0 atom stereocenters. The highest BCUT2D eigenvalue weighted by molar-refractivity contribution is 6.23. The number of hydrogen-bond donors (Lipinski definition) is 1. The molecule has 6 heteroatoms. The van der Waals surface area contributed by atoms with Gasteiger partial charge in [0.15, 0.2) is 11.5 Å². The summed E-state index contributed by atoms with van der Waals surface area (Å²) in [5.41, 5.74) is 1.22. The molecule has 0 unspecified atom stereocenters. The quantitative estimate of drug-likeness (QED) is 0.819. The first kappa shape index (κ1) is 18.2. The maximum atomic E-state index is 12.0. The lowest BCUT2D eigenvalue weighted by Crippen LogP contribution is -2.27. The number of carbonyl (C=O) groups is 1. The standard InChI is InChI=1S/C16H22ClNO4/c1-10(9-17)11-7-13(20-5)14(21-6)8-12(11)18-15(19)22-16(2,3)4/h7-8H,1,9H2,2-6H3,(H,18,19). The van der Waals surface area contributed by atoms with Crippen LogP contribution in [0.5, 0.6) is 11.5 Å². The summed E-state index contributed by atoms with van der Waals surface area (Å²) in [5.74, 6) is 1.23. The molecule has 0 aliphatic heterocycles. The topological polar surface area (TPSA) is 56.8 Å². The van der Waals surface area contributed by atoms with Gasteiger partial charge in [0.1, 0.15) is 5.60 Å². The lowest BCUT2D eigenvalue weighted by atomic mass is 10.1. The van der Waals surface area contributed by atoms with Gasteiger partial charge >= 0.3 is 6.09 Å². The van der Waals surface area contributed by atoms with Crippen molar-refractivity contribution in [2.24, 2.45) is 0 Å². The van der Waals surface area contributed by atoms with Gasteiger partial charge in [0.05, 0.1) is 19.9 Å². The number of hydrogen-bond acceptors (Lipinski definition) is 4. The van der Waals surface area contributed by atoms with E-state index in [1.54, 1.807) is 32.9 Å². The Labute approximate surface area is 136 Å². The number of rotatable bonds is 5. The number of methoxy groups -OCH3 is 2. The summed E-state index contributed by atoms with van der Waals surface area (Å²) in [6, 6.07) is 3.37. The highest BCUT2D eigenvalue weighted by Gasteiger charge is 2.19. The number of alkyl halides is 1. The van der Waals surface area contributed by atoms with E-state index in [1.807, 2.05) is 0 Å². The molecule has 122 valence electrons. The van der Waals surface area contributed by atoms with E-state index in [2.05, 4.69) is 11.9 Å². The van der Waals surface area contributed by atoms with Crippen molar-refractivity contribution >= 4 is 29.0 Å². The normalized spacial score (nSPS) is 10.8. The van der Waals surface area contributed by atoms with Gasteiger partial charge in [-0.25, -0.2) is 4.79 Å². The number of allylic oxidation sites excluding steroid dienone is 1. The highest BCUT2D eigenvalue weighted by atomic mass is 35.5. The Bertz CT molecular complexity index is 564. The average molecular weight is 328 g/mol. The molecular formula is C16H22ClNO4. The second-order valence-corrected chi connectivity index (χ2v) is 5.88. The number of carbonyl (C=O) groups excluding carboxylic acids is 1. The fraction of sp³-hybridized carbons (Fsp3) is 0.438. The van der Waals surface area contributed by atoms with Crippen LogP contribution in [0.25, 0.3) is 5.57 Å². The van der Waals surface area contributed by atoms with E-state index < -0.39 is 11.7 Å². The fourth-order valence-corrected chi connectivity index (χ4v) is 1.90. The van der Waals surface area contributed by atoms with Crippen LogP contribution < -0.4 is 14.8 Å². The molecule has 0 saturated carbocycles. The highest BCUT2D eigenvalue weighted by Crippen LogP contribution is 2.36. The Morgan fingerprint density at radius 1 is 1.23 bits per heavy atom. The molecule has 0 saturated heterocycles. The predicted molar refractivity (Wildman–Crippen MR) is 89.2 cm³/mol. The lowest BCUT2D eigenvalue weighted by Gasteiger charge is -2.21. The SMILES string of the molecule is C=C(CCl)c1cc(OC)c(OC)cc1NC(=O)OC(C)(C)C. The van der Waals surface area contributed by atoms with Crippen molar-refractivity contribution in [2.45, 2.75) is 26.4 Å². The van der Waals surface area contributed by atoms with Crippen LogP contribution in [0.2, 0.25) is 0 Å². The molecule has 0 aliphatic carbocycles. The van der Waals surface area contributed by atoms with Crippen molar-refractivity contribution in [3.8, 4) is 11.5 Å². The molecule has 1 aromatic carbocycles. The molecule has 1 aromatic rings. The van der Waals surface area contributed by atoms with Crippen molar-refractivity contribution in [3.63, 3.8) is 0 Å². The fourth-order valence-electron chi connectivity index (χ4n) is 1.76. The minimum Gasteiger partial charge on any atom is -0.493 e. The first-order valence-electron chi connectivity index (χ1n) is 6.72. The van der Waals surface area contributed by atoms with Crippen LogP contribution in [-0.2, 0) is 4.74 Å². The molecule has 0 aromatic heterocycles. The Balaban J connectivity index is 3.20. The van der Waals surface area contributed by atoms with Gasteiger partial charge in [-0.2, -0.15) is 0 Å². The lowest BCUT2D eigenvalue weighted by molar-refractivity contribution is 0.0636. The van der Waals surface area contributed by atoms with Gasteiger partial charge in [-0.3, -0.25) is 5.32 Å². The smallest absolute Gasteiger partial charge is 0.412 e. The molecule has 22 heavy (non-hydrogen) atoms. The van der Waals surface area contributed by atoms with Crippen molar-refractivity contribution in [2.75, 3.05) is 25.4 Å². The maximum absolute atomic E-state index is 12.0. The first-order valence-corrected chi connectivity index (χ1v) is 7.25. The van der Waals surface area contributed by atoms with E-state index >= 15 is 0 Å². The van der Waals surface area contributed by atoms with Crippen LogP contribution in [0, 0.1) is 0 Å². The van der Waals surface area contributed by atoms with E-state index in [0.29, 0.717) is 28.3 Å². The Kier molecular flexibility index (Phi) is 6.11. The molecule has 5 nitrogen and oxygen atoms in total. The van der Waals surface area contributed by atoms with E-state index in [4.69, 9.17) is 25.8 Å². The zero-order valence-electron chi connectivity index (χ0n) is 13.6. The predicted octanol–water partition coefficient (Wildman–Crippen LogP) is 4.30. The monoisotopic (exact) mass is 327 g/mol. The Morgan fingerprint density at radius 3 is 2.23 bits per heavy atom. The number of ether oxygens (including phenoxy) is 3. The van der Waals surface area contributed by atoms with Gasteiger partial charge in [0, 0.05) is 17.5 Å². The van der Waals surface area contributed by atoms with Gasteiger partial charge in [0.25, 0.3) is 0 Å². The van der Waals surface area contributed by atoms with Gasteiger partial charge in [0.2, 0.25) is 0 Å². The third kappa shape index (κ3) is 4.84. The average Bonchev–Trinajstić information content (AvgIpc) is 2.43. The first-order chi connectivity index (χ1) is 10.2. The summed E-state index contributed by atoms with van der Waals surface area (Å²) in [7, 11) is 3.05. The Morgan fingerprint density at radius 2 is 1.77 bits per heavy atom. The minimum atomic E-state index is -0.593. The van der Waals surface area contributed by atoms with Crippen LogP contribution >= 0.6 is 11.6 Å². The zero-order valence-corrected chi connectivity index (χ0v) is 14.3. The molecule has 0 aliphatic rings. The minimum absolute atomic E-state index is 0.221. The van der Waals surface area contributed by atoms with Crippen molar-refractivity contribution < 1.29 is 19.0 Å². The van der Waals surface area contributed by atoms with Crippen molar-refractivity contribution in [3.05, 3.63) is 24.3 Å². The van der Waals surface area contributed by atoms with E-state index in [-0.39, 0.29) is 5.88 Å².